The van der Waals surface area contributed by atoms with Crippen molar-refractivity contribution in [2.75, 3.05) is 6.61 Å². The molecule has 0 amide bonds. The number of benzene rings is 1. The minimum atomic E-state index is -0.952. The van der Waals surface area contributed by atoms with Gasteiger partial charge >= 0.3 is 5.97 Å². The van der Waals surface area contributed by atoms with Crippen molar-refractivity contribution in [3.8, 4) is 0 Å². The van der Waals surface area contributed by atoms with Crippen LogP contribution in [0.4, 0.5) is 0 Å². The van der Waals surface area contributed by atoms with Crippen molar-refractivity contribution in [2.24, 2.45) is 5.41 Å². The molecule has 0 aliphatic carbocycles. The molecule has 1 unspecified atom stereocenters. The van der Waals surface area contributed by atoms with E-state index in [2.05, 4.69) is 0 Å². The molecule has 3 heteroatoms. The Bertz CT molecular complexity index is 415. The maximum Gasteiger partial charge on any atom is 0.314 e. The number of aliphatic hydroxyl groups is 1. The van der Waals surface area contributed by atoms with Crippen LogP contribution >= 0.6 is 0 Å². The molecule has 0 radical (unpaired) electrons. The number of ether oxygens (including phenoxy) is 1. The lowest BCUT2D eigenvalue weighted by molar-refractivity contribution is -0.160. The number of aryl methyl sites for hydroxylation is 2. The maximum absolute atomic E-state index is 11.9. The molecule has 0 aromatic heterocycles. The Balaban J connectivity index is 3.13. The topological polar surface area (TPSA) is 46.5 Å². The van der Waals surface area contributed by atoms with Crippen LogP contribution in [0.5, 0.6) is 0 Å². The average Bonchev–Trinajstić information content (AvgIpc) is 2.28. The minimum Gasteiger partial charge on any atom is -0.465 e. The summed E-state index contributed by atoms with van der Waals surface area (Å²) in [5.41, 5.74) is 1.84. The van der Waals surface area contributed by atoms with Gasteiger partial charge in [0, 0.05) is 0 Å². The zero-order valence-electron chi connectivity index (χ0n) is 11.8. The van der Waals surface area contributed by atoms with Gasteiger partial charge in [0.1, 0.15) is 0 Å². The molecular formula is C15H22O3. The molecule has 0 spiro atoms. The fourth-order valence-corrected chi connectivity index (χ4v) is 2.05. The number of carbonyl (C=O) groups excluding carboxylic acids is 1. The van der Waals surface area contributed by atoms with E-state index in [0.29, 0.717) is 6.61 Å². The number of aliphatic hydroxyl groups excluding tert-OH is 1. The normalized spacial score (nSPS) is 13.2. The Labute approximate surface area is 109 Å². The van der Waals surface area contributed by atoms with Gasteiger partial charge in [0.2, 0.25) is 0 Å². The third-order valence-electron chi connectivity index (χ3n) is 3.30. The first-order valence-corrected chi connectivity index (χ1v) is 6.23. The molecule has 0 bridgehead atoms. The highest BCUT2D eigenvalue weighted by atomic mass is 16.5. The van der Waals surface area contributed by atoms with Crippen molar-refractivity contribution in [1.29, 1.82) is 0 Å². The van der Waals surface area contributed by atoms with Crippen molar-refractivity contribution in [3.05, 3.63) is 34.9 Å². The van der Waals surface area contributed by atoms with Crippen LogP contribution in [-0.2, 0) is 9.53 Å². The first-order valence-electron chi connectivity index (χ1n) is 6.23. The quantitative estimate of drug-likeness (QED) is 0.836. The van der Waals surface area contributed by atoms with Gasteiger partial charge in [0.15, 0.2) is 0 Å². The van der Waals surface area contributed by atoms with E-state index in [9.17, 15) is 9.90 Å². The molecule has 18 heavy (non-hydrogen) atoms. The molecule has 1 rings (SSSR count). The summed E-state index contributed by atoms with van der Waals surface area (Å²) in [5.74, 6) is -0.375. The van der Waals surface area contributed by atoms with E-state index in [4.69, 9.17) is 4.74 Å². The molecule has 0 heterocycles. The molecule has 3 nitrogen and oxygen atoms in total. The van der Waals surface area contributed by atoms with E-state index in [1.807, 2.05) is 32.0 Å². The third kappa shape index (κ3) is 2.72. The Kier molecular flexibility index (Phi) is 4.52. The van der Waals surface area contributed by atoms with E-state index < -0.39 is 11.5 Å². The van der Waals surface area contributed by atoms with Crippen molar-refractivity contribution in [2.45, 2.75) is 40.7 Å². The first-order chi connectivity index (χ1) is 8.32. The highest BCUT2D eigenvalue weighted by Crippen LogP contribution is 2.37. The van der Waals surface area contributed by atoms with Crippen LogP contribution in [0.15, 0.2) is 18.2 Å². The zero-order valence-corrected chi connectivity index (χ0v) is 11.8. The Morgan fingerprint density at radius 1 is 1.33 bits per heavy atom. The van der Waals surface area contributed by atoms with Gasteiger partial charge in [-0.2, -0.15) is 0 Å². The van der Waals surface area contributed by atoms with Gasteiger partial charge in [-0.05, 0) is 51.3 Å². The summed E-state index contributed by atoms with van der Waals surface area (Å²) < 4.78 is 5.03. The van der Waals surface area contributed by atoms with Crippen LogP contribution in [0.2, 0.25) is 0 Å². The summed E-state index contributed by atoms with van der Waals surface area (Å²) in [7, 11) is 0. The standard InChI is InChI=1S/C15H22O3/c1-6-18-14(17)15(4,5)13(16)12-10(2)8-7-9-11(12)3/h7-9,13,16H,6H2,1-5H3. The summed E-state index contributed by atoms with van der Waals surface area (Å²) >= 11 is 0. The van der Waals surface area contributed by atoms with E-state index >= 15 is 0 Å². The number of hydrogen-bond acceptors (Lipinski definition) is 3. The highest BCUT2D eigenvalue weighted by Gasteiger charge is 2.39. The lowest BCUT2D eigenvalue weighted by Crippen LogP contribution is -2.34. The summed E-state index contributed by atoms with van der Waals surface area (Å²) in [5, 5.41) is 10.5. The molecule has 1 aromatic carbocycles. The van der Waals surface area contributed by atoms with Crippen molar-refractivity contribution in [1.82, 2.24) is 0 Å². The Morgan fingerprint density at radius 3 is 2.28 bits per heavy atom. The van der Waals surface area contributed by atoms with Crippen LogP contribution in [0, 0.1) is 19.3 Å². The number of hydrogen-bond donors (Lipinski definition) is 1. The zero-order chi connectivity index (χ0) is 13.9. The van der Waals surface area contributed by atoms with Crippen LogP contribution < -0.4 is 0 Å². The van der Waals surface area contributed by atoms with E-state index in [1.165, 1.54) is 0 Å². The fraction of sp³-hybridized carbons (Fsp3) is 0.533. The van der Waals surface area contributed by atoms with Crippen molar-refractivity contribution < 1.29 is 14.6 Å². The Morgan fingerprint density at radius 2 is 1.83 bits per heavy atom. The largest absolute Gasteiger partial charge is 0.465 e. The predicted molar refractivity (Wildman–Crippen MR) is 71.3 cm³/mol. The van der Waals surface area contributed by atoms with Crippen LogP contribution in [0.3, 0.4) is 0 Å². The molecular weight excluding hydrogens is 228 g/mol. The van der Waals surface area contributed by atoms with Crippen molar-refractivity contribution in [3.63, 3.8) is 0 Å². The van der Waals surface area contributed by atoms with Crippen molar-refractivity contribution >= 4 is 5.97 Å². The molecule has 1 atom stereocenters. The summed E-state index contributed by atoms with van der Waals surface area (Å²) in [6.07, 6.45) is -0.863. The second-order valence-corrected chi connectivity index (χ2v) is 5.15. The van der Waals surface area contributed by atoms with Gasteiger partial charge in [0.05, 0.1) is 18.1 Å². The lowest BCUT2D eigenvalue weighted by atomic mass is 9.80. The first kappa shape index (κ1) is 14.7. The summed E-state index contributed by atoms with van der Waals surface area (Å²) in [4.78, 5) is 11.9. The van der Waals surface area contributed by atoms with Gasteiger partial charge in [-0.15, -0.1) is 0 Å². The molecule has 1 N–H and O–H groups in total. The summed E-state index contributed by atoms with van der Waals surface area (Å²) in [6.45, 7) is 9.38. The predicted octanol–water partition coefficient (Wildman–Crippen LogP) is 2.93. The molecule has 0 fully saturated rings. The molecule has 100 valence electrons. The third-order valence-corrected chi connectivity index (χ3v) is 3.30. The molecule has 0 aliphatic rings. The van der Waals surface area contributed by atoms with Crippen LogP contribution in [0.1, 0.15) is 43.6 Å². The lowest BCUT2D eigenvalue weighted by Gasteiger charge is -2.30. The molecule has 0 saturated carbocycles. The minimum absolute atomic E-state index is 0.321. The van der Waals surface area contributed by atoms with E-state index in [0.717, 1.165) is 16.7 Å². The number of carbonyl (C=O) groups is 1. The fourth-order valence-electron chi connectivity index (χ4n) is 2.05. The highest BCUT2D eigenvalue weighted by molar-refractivity contribution is 5.77. The maximum atomic E-state index is 11.9. The van der Waals surface area contributed by atoms with Gasteiger partial charge in [0.25, 0.3) is 0 Å². The second kappa shape index (κ2) is 5.53. The van der Waals surface area contributed by atoms with E-state index in [-0.39, 0.29) is 5.97 Å². The van der Waals surface area contributed by atoms with Gasteiger partial charge < -0.3 is 9.84 Å². The number of rotatable bonds is 4. The second-order valence-electron chi connectivity index (χ2n) is 5.15. The average molecular weight is 250 g/mol. The Hall–Kier alpha value is -1.35. The molecule has 0 aliphatic heterocycles. The SMILES string of the molecule is CCOC(=O)C(C)(C)C(O)c1c(C)cccc1C. The molecule has 0 saturated heterocycles. The monoisotopic (exact) mass is 250 g/mol. The number of esters is 1. The van der Waals surface area contributed by atoms with Crippen LogP contribution in [0.25, 0.3) is 0 Å². The van der Waals surface area contributed by atoms with Crippen LogP contribution in [-0.4, -0.2) is 17.7 Å². The van der Waals surface area contributed by atoms with Gasteiger partial charge in [-0.3, -0.25) is 4.79 Å². The molecule has 1 aromatic rings. The van der Waals surface area contributed by atoms with Gasteiger partial charge in [-0.25, -0.2) is 0 Å². The van der Waals surface area contributed by atoms with E-state index in [1.54, 1.807) is 20.8 Å². The smallest absolute Gasteiger partial charge is 0.314 e. The summed E-state index contributed by atoms with van der Waals surface area (Å²) in [6, 6.07) is 5.82. The van der Waals surface area contributed by atoms with Gasteiger partial charge in [-0.1, -0.05) is 18.2 Å².